The molecule has 0 radical (unpaired) electrons. The van der Waals surface area contributed by atoms with Gasteiger partial charge in [0.05, 0.1) is 22.5 Å². The second kappa shape index (κ2) is 7.20. The quantitative estimate of drug-likeness (QED) is 0.447. The first-order valence-electron chi connectivity index (χ1n) is 11.5. The Labute approximate surface area is 187 Å². The van der Waals surface area contributed by atoms with Gasteiger partial charge in [0, 0.05) is 60.8 Å². The molecule has 0 aliphatic carbocycles. The van der Waals surface area contributed by atoms with E-state index in [2.05, 4.69) is 33.8 Å². The molecule has 0 bridgehead atoms. The van der Waals surface area contributed by atoms with Gasteiger partial charge in [-0.1, -0.05) is 6.92 Å². The van der Waals surface area contributed by atoms with Crippen LogP contribution in [0.4, 0.5) is 5.69 Å². The van der Waals surface area contributed by atoms with Crippen LogP contribution in [0.25, 0.3) is 27.6 Å². The molecule has 164 valence electrons. The highest BCUT2D eigenvalue weighted by Gasteiger charge is 2.35. The van der Waals surface area contributed by atoms with Crippen LogP contribution in [0.1, 0.15) is 24.7 Å². The lowest BCUT2D eigenvalue weighted by molar-refractivity contribution is 0.209. The predicted octanol–water partition coefficient (Wildman–Crippen LogP) is 4.25. The van der Waals surface area contributed by atoms with Gasteiger partial charge in [-0.3, -0.25) is 9.88 Å². The number of hydrogen-bond acceptors (Lipinski definition) is 5. The zero-order valence-corrected chi connectivity index (χ0v) is 18.8. The fourth-order valence-corrected chi connectivity index (χ4v) is 5.54. The Morgan fingerprint density at radius 3 is 2.81 bits per heavy atom. The lowest BCUT2D eigenvalue weighted by atomic mass is 10.0. The van der Waals surface area contributed by atoms with Crippen LogP contribution in [0, 0.1) is 19.8 Å². The van der Waals surface area contributed by atoms with E-state index >= 15 is 0 Å². The summed E-state index contributed by atoms with van der Waals surface area (Å²) in [4.78, 5) is 22.5. The normalized spacial score (nSPS) is 21.5. The van der Waals surface area contributed by atoms with Crippen molar-refractivity contribution in [1.82, 2.24) is 14.3 Å². The number of anilines is 1. The third-order valence-electron chi connectivity index (χ3n) is 7.35. The zero-order valence-electron chi connectivity index (χ0n) is 18.8. The summed E-state index contributed by atoms with van der Waals surface area (Å²) in [6.07, 6.45) is 5.25. The third-order valence-corrected chi connectivity index (χ3v) is 7.35. The Morgan fingerprint density at radius 1 is 1.06 bits per heavy atom. The van der Waals surface area contributed by atoms with Crippen molar-refractivity contribution in [1.29, 1.82) is 0 Å². The Hall–Kier alpha value is -3.12. The first kappa shape index (κ1) is 19.6. The van der Waals surface area contributed by atoms with Crippen molar-refractivity contribution in [3.63, 3.8) is 0 Å². The van der Waals surface area contributed by atoms with E-state index in [0.29, 0.717) is 17.2 Å². The van der Waals surface area contributed by atoms with E-state index in [0.717, 1.165) is 59.1 Å². The van der Waals surface area contributed by atoms with Gasteiger partial charge < -0.3 is 13.7 Å². The van der Waals surface area contributed by atoms with Gasteiger partial charge in [-0.15, -0.1) is 0 Å². The van der Waals surface area contributed by atoms with E-state index in [1.165, 1.54) is 13.0 Å². The summed E-state index contributed by atoms with van der Waals surface area (Å²) < 4.78 is 7.85. The van der Waals surface area contributed by atoms with Gasteiger partial charge >= 0.3 is 5.63 Å². The lowest BCUT2D eigenvalue weighted by Gasteiger charge is -2.40. The van der Waals surface area contributed by atoms with Crippen LogP contribution in [0.15, 0.2) is 51.9 Å². The Kier molecular flexibility index (Phi) is 4.40. The molecular weight excluding hydrogens is 400 g/mol. The second-order valence-corrected chi connectivity index (χ2v) is 9.47. The maximum atomic E-state index is 12.9. The number of piperazine rings is 1. The molecule has 2 aliphatic heterocycles. The molecule has 3 aromatic heterocycles. The van der Waals surface area contributed by atoms with Crippen LogP contribution in [0.3, 0.4) is 0 Å². The zero-order chi connectivity index (χ0) is 22.0. The van der Waals surface area contributed by atoms with E-state index in [9.17, 15) is 4.79 Å². The van der Waals surface area contributed by atoms with Crippen molar-refractivity contribution in [2.45, 2.75) is 33.2 Å². The maximum Gasteiger partial charge on any atom is 0.344 e. The molecule has 6 rings (SSSR count). The molecule has 4 aromatic rings. The van der Waals surface area contributed by atoms with Crippen LogP contribution in [-0.2, 0) is 0 Å². The molecule has 6 heteroatoms. The highest BCUT2D eigenvalue weighted by Crippen LogP contribution is 2.31. The van der Waals surface area contributed by atoms with Crippen molar-refractivity contribution >= 4 is 22.2 Å². The van der Waals surface area contributed by atoms with E-state index in [1.54, 1.807) is 0 Å². The van der Waals surface area contributed by atoms with Gasteiger partial charge in [0.2, 0.25) is 0 Å². The topological polar surface area (TPSA) is 54.0 Å². The van der Waals surface area contributed by atoms with Crippen molar-refractivity contribution in [3.8, 4) is 11.1 Å². The number of benzene rings is 1. The second-order valence-electron chi connectivity index (χ2n) is 9.47. The number of rotatable bonds is 2. The molecule has 2 saturated heterocycles. The van der Waals surface area contributed by atoms with Gasteiger partial charge in [-0.2, -0.15) is 0 Å². The summed E-state index contributed by atoms with van der Waals surface area (Å²) in [6.45, 7) is 10.7. The first-order chi connectivity index (χ1) is 15.5. The van der Waals surface area contributed by atoms with Crippen LogP contribution in [0.5, 0.6) is 0 Å². The summed E-state index contributed by atoms with van der Waals surface area (Å²) >= 11 is 0. The Bertz CT molecular complexity index is 1400. The SMILES string of the molecule is Cc1cn2cc(-c3cc4ccc(N5CCN6CCC(C)C6C5)cc4oc3=O)cc2c(C)n1. The monoisotopic (exact) mass is 428 g/mol. The minimum Gasteiger partial charge on any atom is -0.422 e. The van der Waals surface area contributed by atoms with E-state index in [1.807, 2.05) is 48.8 Å². The molecule has 0 N–H and O–H groups in total. The smallest absolute Gasteiger partial charge is 0.344 e. The van der Waals surface area contributed by atoms with Gasteiger partial charge in [0.25, 0.3) is 0 Å². The van der Waals surface area contributed by atoms with E-state index in [-0.39, 0.29) is 5.63 Å². The highest BCUT2D eigenvalue weighted by atomic mass is 16.4. The average molecular weight is 429 g/mol. The largest absolute Gasteiger partial charge is 0.422 e. The molecule has 1 aromatic carbocycles. The predicted molar refractivity (Wildman–Crippen MR) is 127 cm³/mol. The van der Waals surface area contributed by atoms with E-state index in [4.69, 9.17) is 4.42 Å². The lowest BCUT2D eigenvalue weighted by Crippen LogP contribution is -2.51. The number of aryl methyl sites for hydroxylation is 2. The van der Waals surface area contributed by atoms with Gasteiger partial charge in [0.15, 0.2) is 0 Å². The third kappa shape index (κ3) is 3.13. The van der Waals surface area contributed by atoms with Crippen molar-refractivity contribution in [2.24, 2.45) is 5.92 Å². The molecule has 6 nitrogen and oxygen atoms in total. The van der Waals surface area contributed by atoms with Crippen LogP contribution >= 0.6 is 0 Å². The highest BCUT2D eigenvalue weighted by molar-refractivity contribution is 5.85. The molecule has 2 aliphatic rings. The first-order valence-corrected chi connectivity index (χ1v) is 11.5. The summed E-state index contributed by atoms with van der Waals surface area (Å²) in [5.74, 6) is 0.735. The average Bonchev–Trinajstić information content (AvgIpc) is 3.36. The summed E-state index contributed by atoms with van der Waals surface area (Å²) in [6, 6.07) is 10.9. The van der Waals surface area contributed by atoms with Crippen LogP contribution in [0.2, 0.25) is 0 Å². The van der Waals surface area contributed by atoms with E-state index < -0.39 is 0 Å². The molecule has 2 atom stereocenters. The fourth-order valence-electron chi connectivity index (χ4n) is 5.54. The molecule has 0 amide bonds. The summed E-state index contributed by atoms with van der Waals surface area (Å²) in [7, 11) is 0. The minimum absolute atomic E-state index is 0.304. The molecule has 2 fully saturated rings. The van der Waals surface area contributed by atoms with Gasteiger partial charge in [-0.05, 0) is 57.0 Å². The van der Waals surface area contributed by atoms with Gasteiger partial charge in [0.1, 0.15) is 5.58 Å². The Balaban J connectivity index is 1.36. The number of fused-ring (bicyclic) bond motifs is 3. The number of nitrogens with zero attached hydrogens (tertiary/aromatic N) is 4. The van der Waals surface area contributed by atoms with Gasteiger partial charge in [-0.25, -0.2) is 4.79 Å². The van der Waals surface area contributed by atoms with Crippen molar-refractivity contribution < 1.29 is 4.42 Å². The minimum atomic E-state index is -0.304. The van der Waals surface area contributed by atoms with Crippen LogP contribution in [-0.4, -0.2) is 46.5 Å². The summed E-state index contributed by atoms with van der Waals surface area (Å²) in [5.41, 5.74) is 5.81. The molecule has 0 saturated carbocycles. The molecule has 0 spiro atoms. The molecule has 32 heavy (non-hydrogen) atoms. The fraction of sp³-hybridized carbons (Fsp3) is 0.385. The number of hydrogen-bond donors (Lipinski definition) is 0. The van der Waals surface area contributed by atoms with Crippen molar-refractivity contribution in [2.75, 3.05) is 31.1 Å². The summed E-state index contributed by atoms with van der Waals surface area (Å²) in [5, 5.41) is 0.942. The standard InChI is InChI=1S/C26H28N4O2/c1-16-6-7-28-8-9-29(15-24(16)28)21-5-4-19-10-22(26(31)32-25(19)12-21)20-11-23-18(3)27-17(2)13-30(23)14-20/h4-5,10-14,16,24H,6-9,15H2,1-3H3. The number of aromatic nitrogens is 2. The molecule has 5 heterocycles. The molecule has 2 unspecified atom stereocenters. The molecular formula is C26H28N4O2. The maximum absolute atomic E-state index is 12.9. The van der Waals surface area contributed by atoms with Crippen molar-refractivity contribution in [3.05, 3.63) is 64.5 Å². The van der Waals surface area contributed by atoms with Crippen LogP contribution < -0.4 is 10.5 Å². The Morgan fingerprint density at radius 2 is 1.94 bits per heavy atom.